The molecule has 2 amide bonds. The van der Waals surface area contributed by atoms with Gasteiger partial charge in [0, 0.05) is 18.3 Å². The Hall–Kier alpha value is -3.13. The average molecular weight is 466 g/mol. The summed E-state index contributed by atoms with van der Waals surface area (Å²) >= 11 is 1.31. The molecule has 3 aromatic rings. The van der Waals surface area contributed by atoms with Gasteiger partial charge < -0.3 is 15.2 Å². The van der Waals surface area contributed by atoms with Crippen LogP contribution < -0.4 is 10.6 Å². The van der Waals surface area contributed by atoms with Gasteiger partial charge in [0.15, 0.2) is 11.0 Å². The molecular formula is C25H31N5O2S. The molecule has 0 saturated carbocycles. The van der Waals surface area contributed by atoms with Gasteiger partial charge in [0.25, 0.3) is 5.91 Å². The molecule has 0 radical (unpaired) electrons. The molecule has 0 saturated heterocycles. The van der Waals surface area contributed by atoms with Gasteiger partial charge in [-0.15, -0.1) is 10.2 Å². The van der Waals surface area contributed by atoms with Crippen LogP contribution in [0, 0.1) is 26.7 Å². The number of thioether (sulfide) groups is 1. The van der Waals surface area contributed by atoms with E-state index in [-0.39, 0.29) is 29.5 Å². The Bertz CT molecular complexity index is 1140. The van der Waals surface area contributed by atoms with Gasteiger partial charge in [-0.1, -0.05) is 49.4 Å². The summed E-state index contributed by atoms with van der Waals surface area (Å²) in [6.45, 7) is 10.1. The molecule has 33 heavy (non-hydrogen) atoms. The summed E-state index contributed by atoms with van der Waals surface area (Å²) in [5.41, 5.74) is 4.80. The Morgan fingerprint density at radius 3 is 2.33 bits per heavy atom. The summed E-state index contributed by atoms with van der Waals surface area (Å²) in [5.74, 6) is 0.705. The lowest BCUT2D eigenvalue weighted by atomic mass is 10.0. The minimum absolute atomic E-state index is 0.105. The van der Waals surface area contributed by atoms with E-state index in [1.165, 1.54) is 17.3 Å². The van der Waals surface area contributed by atoms with Gasteiger partial charge in [-0.3, -0.25) is 9.59 Å². The second-order valence-corrected chi connectivity index (χ2v) is 9.54. The van der Waals surface area contributed by atoms with Crippen LogP contribution in [0.2, 0.25) is 0 Å². The highest BCUT2D eigenvalue weighted by molar-refractivity contribution is 7.99. The molecule has 0 aliphatic heterocycles. The fourth-order valence-electron chi connectivity index (χ4n) is 3.33. The summed E-state index contributed by atoms with van der Waals surface area (Å²) in [7, 11) is 1.85. The van der Waals surface area contributed by atoms with Crippen LogP contribution in [0.3, 0.4) is 0 Å². The predicted octanol–water partition coefficient (Wildman–Crippen LogP) is 4.60. The van der Waals surface area contributed by atoms with E-state index < -0.39 is 0 Å². The average Bonchev–Trinajstić information content (AvgIpc) is 3.13. The topological polar surface area (TPSA) is 88.9 Å². The number of benzene rings is 2. The minimum Gasteiger partial charge on any atom is -0.342 e. The second-order valence-electron chi connectivity index (χ2n) is 8.60. The van der Waals surface area contributed by atoms with Crippen molar-refractivity contribution >= 4 is 29.3 Å². The number of amides is 2. The molecule has 0 fully saturated rings. The molecule has 1 aromatic heterocycles. The Morgan fingerprint density at radius 2 is 1.70 bits per heavy atom. The highest BCUT2D eigenvalue weighted by atomic mass is 32.2. The second kappa shape index (κ2) is 10.7. The maximum absolute atomic E-state index is 12.8. The van der Waals surface area contributed by atoms with E-state index in [9.17, 15) is 9.59 Å². The molecule has 8 heteroatoms. The summed E-state index contributed by atoms with van der Waals surface area (Å²) in [4.78, 5) is 25.2. The van der Waals surface area contributed by atoms with E-state index >= 15 is 0 Å². The fourth-order valence-corrected chi connectivity index (χ4v) is 4.05. The Labute approximate surface area is 199 Å². The van der Waals surface area contributed by atoms with Gasteiger partial charge in [-0.2, -0.15) is 0 Å². The highest BCUT2D eigenvalue weighted by Crippen LogP contribution is 2.25. The van der Waals surface area contributed by atoms with Crippen LogP contribution in [-0.2, 0) is 11.8 Å². The fraction of sp³-hybridized carbons (Fsp3) is 0.360. The molecule has 0 spiro atoms. The van der Waals surface area contributed by atoms with Crippen molar-refractivity contribution < 1.29 is 9.59 Å². The quantitative estimate of drug-likeness (QED) is 0.475. The molecule has 7 nitrogen and oxygen atoms in total. The summed E-state index contributed by atoms with van der Waals surface area (Å²) in [6, 6.07) is 13.0. The van der Waals surface area contributed by atoms with Gasteiger partial charge in [0.2, 0.25) is 5.91 Å². The summed E-state index contributed by atoms with van der Waals surface area (Å²) in [6.07, 6.45) is 0. The Kier molecular flexibility index (Phi) is 7.92. The van der Waals surface area contributed by atoms with Gasteiger partial charge in [-0.05, 0) is 62.1 Å². The van der Waals surface area contributed by atoms with Crippen LogP contribution in [0.15, 0.2) is 47.6 Å². The molecule has 1 heterocycles. The monoisotopic (exact) mass is 465 g/mol. The summed E-state index contributed by atoms with van der Waals surface area (Å²) < 4.78 is 1.84. The third-order valence-corrected chi connectivity index (χ3v) is 6.56. The third kappa shape index (κ3) is 6.22. The first-order valence-corrected chi connectivity index (χ1v) is 11.9. The van der Waals surface area contributed by atoms with Crippen LogP contribution in [0.5, 0.6) is 0 Å². The lowest BCUT2D eigenvalue weighted by Crippen LogP contribution is -2.33. The number of hydrogen-bond donors (Lipinski definition) is 2. The lowest BCUT2D eigenvalue weighted by molar-refractivity contribution is -0.113. The van der Waals surface area contributed by atoms with E-state index in [4.69, 9.17) is 0 Å². The zero-order valence-electron chi connectivity index (χ0n) is 20.0. The number of anilines is 1. The molecule has 174 valence electrons. The standard InChI is InChI=1S/C25H31N5O2S/c1-15(2)22(27-24(32)19-10-7-16(3)8-11-19)23-28-29-25(30(23)6)33-14-21(31)26-20-12-9-17(4)18(5)13-20/h7-13,15,22H,14H2,1-6H3,(H,26,31)(H,27,32)/t22-/m0/s1. The molecule has 0 aliphatic carbocycles. The maximum Gasteiger partial charge on any atom is 0.251 e. The SMILES string of the molecule is Cc1ccc(C(=O)N[C@H](c2nnc(SCC(=O)Nc3ccc(C)c(C)c3)n2C)C(C)C)cc1. The van der Waals surface area contributed by atoms with Gasteiger partial charge in [-0.25, -0.2) is 0 Å². The first-order valence-electron chi connectivity index (χ1n) is 10.9. The first kappa shape index (κ1) is 24.5. The van der Waals surface area contributed by atoms with Gasteiger partial charge >= 0.3 is 0 Å². The highest BCUT2D eigenvalue weighted by Gasteiger charge is 2.25. The number of aryl methyl sites for hydroxylation is 3. The number of carbonyl (C=O) groups is 2. The molecule has 0 unspecified atom stereocenters. The van der Waals surface area contributed by atoms with Crippen LogP contribution in [0.1, 0.15) is 52.8 Å². The van der Waals surface area contributed by atoms with Gasteiger partial charge in [0.1, 0.15) is 0 Å². The number of nitrogens with one attached hydrogen (secondary N) is 2. The van der Waals surface area contributed by atoms with Crippen molar-refractivity contribution in [3.8, 4) is 0 Å². The summed E-state index contributed by atoms with van der Waals surface area (Å²) in [5, 5.41) is 15.2. The maximum atomic E-state index is 12.8. The van der Waals surface area contributed by atoms with Crippen LogP contribution >= 0.6 is 11.8 Å². The van der Waals surface area contributed by atoms with Gasteiger partial charge in [0.05, 0.1) is 11.8 Å². The van der Waals surface area contributed by atoms with Crippen LogP contribution in [0.25, 0.3) is 0 Å². The predicted molar refractivity (Wildman–Crippen MR) is 132 cm³/mol. The first-order chi connectivity index (χ1) is 15.7. The van der Waals surface area contributed by atoms with Crippen LogP contribution in [0.4, 0.5) is 5.69 Å². The molecule has 3 rings (SSSR count). The zero-order valence-corrected chi connectivity index (χ0v) is 20.8. The normalized spacial score (nSPS) is 12.0. The zero-order chi connectivity index (χ0) is 24.1. The van der Waals surface area contributed by atoms with Crippen molar-refractivity contribution in [3.05, 3.63) is 70.5 Å². The molecular weight excluding hydrogens is 434 g/mol. The van der Waals surface area contributed by atoms with E-state index in [0.717, 1.165) is 16.8 Å². The Balaban J connectivity index is 1.65. The molecule has 2 aromatic carbocycles. The van der Waals surface area contributed by atoms with Crippen molar-refractivity contribution in [3.63, 3.8) is 0 Å². The Morgan fingerprint density at radius 1 is 1.00 bits per heavy atom. The van der Waals surface area contributed by atoms with Crippen molar-refractivity contribution in [2.24, 2.45) is 13.0 Å². The lowest BCUT2D eigenvalue weighted by Gasteiger charge is -2.21. The van der Waals surface area contributed by atoms with Crippen LogP contribution in [-0.4, -0.2) is 32.3 Å². The van der Waals surface area contributed by atoms with E-state index in [2.05, 4.69) is 20.8 Å². The minimum atomic E-state index is -0.310. The smallest absolute Gasteiger partial charge is 0.251 e. The molecule has 2 N–H and O–H groups in total. The van der Waals surface area contributed by atoms with E-state index in [1.54, 1.807) is 0 Å². The van der Waals surface area contributed by atoms with Crippen molar-refractivity contribution in [1.29, 1.82) is 0 Å². The third-order valence-electron chi connectivity index (χ3n) is 5.54. The van der Waals surface area contributed by atoms with E-state index in [0.29, 0.717) is 16.5 Å². The molecule has 0 aliphatic rings. The van der Waals surface area contributed by atoms with E-state index in [1.807, 2.05) is 88.7 Å². The van der Waals surface area contributed by atoms with Crippen molar-refractivity contribution in [1.82, 2.24) is 20.1 Å². The number of nitrogens with zero attached hydrogens (tertiary/aromatic N) is 3. The van der Waals surface area contributed by atoms with Crippen molar-refractivity contribution in [2.45, 2.75) is 45.8 Å². The molecule has 1 atom stereocenters. The number of hydrogen-bond acceptors (Lipinski definition) is 5. The van der Waals surface area contributed by atoms with Crippen molar-refractivity contribution in [2.75, 3.05) is 11.1 Å². The largest absolute Gasteiger partial charge is 0.342 e. The number of aromatic nitrogens is 3. The number of carbonyl (C=O) groups excluding carboxylic acids is 2. The molecule has 0 bridgehead atoms. The number of rotatable bonds is 8.